The van der Waals surface area contributed by atoms with Crippen LogP contribution < -0.4 is 0 Å². The highest BCUT2D eigenvalue weighted by atomic mass is 14.0. The van der Waals surface area contributed by atoms with Gasteiger partial charge in [-0.25, -0.2) is 0 Å². The molecule has 103 valence electrons. The van der Waals surface area contributed by atoms with Crippen molar-refractivity contribution in [1.29, 1.82) is 0 Å². The summed E-state index contributed by atoms with van der Waals surface area (Å²) in [6, 6.07) is 0. The van der Waals surface area contributed by atoms with E-state index < -0.39 is 0 Å². The highest BCUT2D eigenvalue weighted by Crippen LogP contribution is 2.12. The van der Waals surface area contributed by atoms with Crippen LogP contribution in [-0.2, 0) is 0 Å². The normalized spacial score (nSPS) is 10.9. The van der Waals surface area contributed by atoms with E-state index in [1.54, 1.807) is 0 Å². The van der Waals surface area contributed by atoms with E-state index in [0.29, 0.717) is 0 Å². The summed E-state index contributed by atoms with van der Waals surface area (Å²) in [6.07, 6.45) is 22.4. The zero-order chi connectivity index (χ0) is 12.6. The van der Waals surface area contributed by atoms with Crippen molar-refractivity contribution in [3.05, 3.63) is 6.42 Å². The Hall–Kier alpha value is 0. The first kappa shape index (κ1) is 17.0. The molecule has 0 saturated heterocycles. The van der Waals surface area contributed by atoms with E-state index >= 15 is 0 Å². The molecule has 1 radical (unpaired) electrons. The molecule has 0 rings (SSSR count). The Labute approximate surface area is 111 Å². The summed E-state index contributed by atoms with van der Waals surface area (Å²) >= 11 is 0. The van der Waals surface area contributed by atoms with E-state index in [2.05, 4.69) is 20.3 Å². The molecule has 0 saturated carbocycles. The lowest BCUT2D eigenvalue weighted by Gasteiger charge is -2.02. The Balaban J connectivity index is 2.85. The number of rotatable bonds is 14. The first-order chi connectivity index (χ1) is 8.41. The molecule has 0 aliphatic carbocycles. The maximum Gasteiger partial charge on any atom is -0.0386 e. The summed E-state index contributed by atoms with van der Waals surface area (Å²) in [5.74, 6) is 0. The van der Waals surface area contributed by atoms with Crippen LogP contribution in [0.4, 0.5) is 0 Å². The molecule has 0 N–H and O–H groups in total. The molecule has 17 heavy (non-hydrogen) atoms. The molecule has 0 unspecified atom stereocenters. The summed E-state index contributed by atoms with van der Waals surface area (Å²) < 4.78 is 0. The van der Waals surface area contributed by atoms with Gasteiger partial charge in [-0.2, -0.15) is 0 Å². The lowest BCUT2D eigenvalue weighted by molar-refractivity contribution is 0.560. The summed E-state index contributed by atoms with van der Waals surface area (Å²) in [4.78, 5) is 0. The van der Waals surface area contributed by atoms with Crippen LogP contribution in [0.5, 0.6) is 0 Å². The molecule has 0 heterocycles. The van der Waals surface area contributed by atoms with Crippen LogP contribution in [0.1, 0.15) is 104 Å². The van der Waals surface area contributed by atoms with Gasteiger partial charge in [0.25, 0.3) is 0 Å². The maximum atomic E-state index is 2.51. The SMILES string of the molecule is CCCCC[CH]CCCCCCCCCCC. The molecule has 0 aromatic heterocycles. The summed E-state index contributed by atoms with van der Waals surface area (Å²) in [6.45, 7) is 4.57. The predicted octanol–water partition coefficient (Wildman–Crippen LogP) is 6.69. The second-order valence-electron chi connectivity index (χ2n) is 5.40. The fourth-order valence-electron chi connectivity index (χ4n) is 2.28. The lowest BCUT2D eigenvalue weighted by Crippen LogP contribution is -1.83. The van der Waals surface area contributed by atoms with Crippen molar-refractivity contribution < 1.29 is 0 Å². The smallest absolute Gasteiger partial charge is 0.0386 e. The van der Waals surface area contributed by atoms with Gasteiger partial charge in [0.15, 0.2) is 0 Å². The summed E-state index contributed by atoms with van der Waals surface area (Å²) in [5.41, 5.74) is 0. The molecule has 0 amide bonds. The minimum atomic E-state index is 1.35. The average Bonchev–Trinajstić information content (AvgIpc) is 2.35. The Morgan fingerprint density at radius 2 is 0.824 bits per heavy atom. The zero-order valence-corrected chi connectivity index (χ0v) is 12.5. The fourth-order valence-corrected chi connectivity index (χ4v) is 2.28. The molecule has 0 spiro atoms. The molecular weight excluding hydrogens is 204 g/mol. The van der Waals surface area contributed by atoms with Gasteiger partial charge >= 0.3 is 0 Å². The highest BCUT2D eigenvalue weighted by Gasteiger charge is 1.93. The van der Waals surface area contributed by atoms with Crippen LogP contribution >= 0.6 is 0 Å². The highest BCUT2D eigenvalue weighted by molar-refractivity contribution is 4.64. The standard InChI is InChI=1S/C17H35/c1-3-5-7-9-11-13-15-17-16-14-12-10-8-6-4-2/h11H,3-10,12-17H2,1-2H3. The van der Waals surface area contributed by atoms with E-state index in [0.717, 1.165) is 0 Å². The van der Waals surface area contributed by atoms with Crippen molar-refractivity contribution in [3.63, 3.8) is 0 Å². The van der Waals surface area contributed by atoms with E-state index in [1.165, 1.54) is 89.9 Å². The van der Waals surface area contributed by atoms with Crippen LogP contribution in [0.25, 0.3) is 0 Å². The van der Waals surface area contributed by atoms with Gasteiger partial charge in [-0.3, -0.25) is 0 Å². The van der Waals surface area contributed by atoms with Crippen LogP contribution in [0.2, 0.25) is 0 Å². The minimum Gasteiger partial charge on any atom is -0.0654 e. The van der Waals surface area contributed by atoms with Gasteiger partial charge in [-0.1, -0.05) is 104 Å². The Morgan fingerprint density at radius 3 is 1.35 bits per heavy atom. The lowest BCUT2D eigenvalue weighted by atomic mass is 10.0. The quantitative estimate of drug-likeness (QED) is 0.296. The third-order valence-electron chi connectivity index (χ3n) is 3.52. The third-order valence-corrected chi connectivity index (χ3v) is 3.52. The van der Waals surface area contributed by atoms with Gasteiger partial charge in [-0.05, 0) is 6.42 Å². The van der Waals surface area contributed by atoms with E-state index in [4.69, 9.17) is 0 Å². The third kappa shape index (κ3) is 16.0. The molecule has 0 heteroatoms. The molecule has 0 aliphatic heterocycles. The van der Waals surface area contributed by atoms with Gasteiger partial charge in [0, 0.05) is 0 Å². The van der Waals surface area contributed by atoms with Crippen LogP contribution in [0, 0.1) is 6.42 Å². The van der Waals surface area contributed by atoms with Crippen molar-refractivity contribution in [2.75, 3.05) is 0 Å². The molecule has 0 nitrogen and oxygen atoms in total. The first-order valence-electron chi connectivity index (χ1n) is 8.23. The maximum absolute atomic E-state index is 2.51. The predicted molar refractivity (Wildman–Crippen MR) is 80.3 cm³/mol. The Morgan fingerprint density at radius 1 is 0.471 bits per heavy atom. The zero-order valence-electron chi connectivity index (χ0n) is 12.5. The molecule has 0 aromatic carbocycles. The minimum absolute atomic E-state index is 1.35. The van der Waals surface area contributed by atoms with Gasteiger partial charge in [0.2, 0.25) is 0 Å². The van der Waals surface area contributed by atoms with Gasteiger partial charge in [0.05, 0.1) is 0 Å². The van der Waals surface area contributed by atoms with E-state index in [1.807, 2.05) is 0 Å². The molecule has 0 atom stereocenters. The van der Waals surface area contributed by atoms with Gasteiger partial charge < -0.3 is 0 Å². The van der Waals surface area contributed by atoms with Crippen molar-refractivity contribution >= 4 is 0 Å². The number of hydrogen-bond donors (Lipinski definition) is 0. The molecule has 0 aromatic rings. The first-order valence-corrected chi connectivity index (χ1v) is 8.23. The second-order valence-corrected chi connectivity index (χ2v) is 5.40. The van der Waals surface area contributed by atoms with Gasteiger partial charge in [0.1, 0.15) is 0 Å². The Bertz CT molecular complexity index is 103. The molecule has 0 bridgehead atoms. The van der Waals surface area contributed by atoms with Crippen LogP contribution in [0.3, 0.4) is 0 Å². The van der Waals surface area contributed by atoms with E-state index in [-0.39, 0.29) is 0 Å². The number of unbranched alkanes of at least 4 members (excludes halogenated alkanes) is 14. The second kappa shape index (κ2) is 16.0. The molecular formula is C17H35. The van der Waals surface area contributed by atoms with Crippen LogP contribution in [-0.4, -0.2) is 0 Å². The van der Waals surface area contributed by atoms with Crippen molar-refractivity contribution in [2.24, 2.45) is 0 Å². The fraction of sp³-hybridized carbons (Fsp3) is 0.941. The summed E-state index contributed by atoms with van der Waals surface area (Å²) in [5, 5.41) is 0. The van der Waals surface area contributed by atoms with Crippen LogP contribution in [0.15, 0.2) is 0 Å². The molecule has 0 aliphatic rings. The van der Waals surface area contributed by atoms with Crippen molar-refractivity contribution in [3.8, 4) is 0 Å². The van der Waals surface area contributed by atoms with Crippen molar-refractivity contribution in [1.82, 2.24) is 0 Å². The number of hydrogen-bond acceptors (Lipinski definition) is 0. The van der Waals surface area contributed by atoms with Gasteiger partial charge in [-0.15, -0.1) is 0 Å². The van der Waals surface area contributed by atoms with E-state index in [9.17, 15) is 0 Å². The molecule has 0 fully saturated rings. The van der Waals surface area contributed by atoms with Crippen molar-refractivity contribution in [2.45, 2.75) is 104 Å². The monoisotopic (exact) mass is 239 g/mol. The Kier molecular flexibility index (Phi) is 16.0. The topological polar surface area (TPSA) is 0 Å². The summed E-state index contributed by atoms with van der Waals surface area (Å²) in [7, 11) is 0. The largest absolute Gasteiger partial charge is 0.0654 e. The average molecular weight is 239 g/mol.